The van der Waals surface area contributed by atoms with Crippen molar-refractivity contribution in [2.24, 2.45) is 0 Å². The van der Waals surface area contributed by atoms with Crippen LogP contribution in [0.4, 0.5) is 0 Å². The van der Waals surface area contributed by atoms with E-state index in [-0.39, 0.29) is 48.1 Å². The summed E-state index contributed by atoms with van der Waals surface area (Å²) in [5.74, 6) is 1.66. The average molecular weight is 931 g/mol. The number of nitrogens with one attached hydrogen (secondary N) is 2. The van der Waals surface area contributed by atoms with E-state index in [9.17, 15) is 9.59 Å². The Bertz CT molecular complexity index is 2920. The van der Waals surface area contributed by atoms with Gasteiger partial charge in [0.15, 0.2) is 0 Å². The fourth-order valence-corrected chi connectivity index (χ4v) is 10.4. The molecular formula is C62H62N2O6. The molecule has 2 aliphatic heterocycles. The summed E-state index contributed by atoms with van der Waals surface area (Å²) in [5, 5.41) is 12.5. The maximum absolute atomic E-state index is 12.1. The highest BCUT2D eigenvalue weighted by Gasteiger charge is 2.32. The average Bonchev–Trinajstić information content (AvgIpc) is 3.40. The monoisotopic (exact) mass is 930 g/mol. The fourth-order valence-electron chi connectivity index (χ4n) is 10.4. The Morgan fingerprint density at radius 1 is 0.514 bits per heavy atom. The van der Waals surface area contributed by atoms with Crippen LogP contribution < -0.4 is 20.1 Å². The second kappa shape index (κ2) is 21.6. The Hall–Kier alpha value is -7.26. The van der Waals surface area contributed by atoms with Gasteiger partial charge in [-0.15, -0.1) is 0 Å². The molecule has 8 heteroatoms. The first-order valence-electron chi connectivity index (χ1n) is 24.4. The number of carbonyl (C=O) groups excluding carboxylic acids is 2. The van der Waals surface area contributed by atoms with Crippen LogP contribution in [0.2, 0.25) is 0 Å². The number of fused-ring (bicyclic) bond motifs is 4. The molecule has 0 aromatic heterocycles. The van der Waals surface area contributed by atoms with Gasteiger partial charge in [0.1, 0.15) is 23.7 Å². The van der Waals surface area contributed by atoms with Crippen molar-refractivity contribution in [2.75, 3.05) is 27.3 Å². The van der Waals surface area contributed by atoms with E-state index in [0.717, 1.165) is 48.6 Å². The molecule has 8 aromatic rings. The van der Waals surface area contributed by atoms with E-state index in [1.165, 1.54) is 69.1 Å². The molecule has 0 saturated heterocycles. The van der Waals surface area contributed by atoms with Gasteiger partial charge in [0, 0.05) is 48.1 Å². The van der Waals surface area contributed by atoms with Crippen LogP contribution in [0.1, 0.15) is 116 Å². The number of carbonyl (C=O) groups is 2. The summed E-state index contributed by atoms with van der Waals surface area (Å²) in [7, 11) is 2.84. The van der Waals surface area contributed by atoms with Crippen LogP contribution in [-0.2, 0) is 9.47 Å². The molecule has 8 nitrogen and oxygen atoms in total. The zero-order chi connectivity index (χ0) is 48.7. The third-order valence-electron chi connectivity index (χ3n) is 14.2. The SMILES string of the molecule is COC(=O)c1ccc([C@@H]2C[C@H](CN[C@H](C)c3cccc4ccccc34)Oc3ccccc32)cc1C.COC(=O)c1ccc([C@H]2C[C@H](CN[C@H](C)c3cccc4ccccc34)Oc3ccccc32)cc1C. The molecule has 0 bridgehead atoms. The van der Waals surface area contributed by atoms with Gasteiger partial charge >= 0.3 is 11.9 Å². The van der Waals surface area contributed by atoms with Gasteiger partial charge in [-0.25, -0.2) is 9.59 Å². The van der Waals surface area contributed by atoms with Crippen LogP contribution in [0.25, 0.3) is 21.5 Å². The van der Waals surface area contributed by atoms with E-state index < -0.39 is 0 Å². The predicted octanol–water partition coefficient (Wildman–Crippen LogP) is 13.1. The molecule has 0 saturated carbocycles. The van der Waals surface area contributed by atoms with Gasteiger partial charge in [-0.2, -0.15) is 0 Å². The molecule has 0 aliphatic carbocycles. The summed E-state index contributed by atoms with van der Waals surface area (Å²) in [6, 6.07) is 59.1. The van der Waals surface area contributed by atoms with Crippen LogP contribution in [0.5, 0.6) is 11.5 Å². The lowest BCUT2D eigenvalue weighted by Gasteiger charge is -2.33. The van der Waals surface area contributed by atoms with Crippen molar-refractivity contribution in [2.45, 2.75) is 76.7 Å². The van der Waals surface area contributed by atoms with Crippen LogP contribution in [0.15, 0.2) is 170 Å². The number of para-hydroxylation sites is 2. The minimum atomic E-state index is -0.300. The third kappa shape index (κ3) is 10.3. The zero-order valence-electron chi connectivity index (χ0n) is 40.9. The van der Waals surface area contributed by atoms with Crippen LogP contribution in [0.3, 0.4) is 0 Å². The van der Waals surface area contributed by atoms with Crippen molar-refractivity contribution in [1.82, 2.24) is 10.6 Å². The summed E-state index contributed by atoms with van der Waals surface area (Å²) < 4.78 is 22.7. The van der Waals surface area contributed by atoms with Gasteiger partial charge in [0.2, 0.25) is 0 Å². The van der Waals surface area contributed by atoms with Gasteiger partial charge in [0.25, 0.3) is 0 Å². The van der Waals surface area contributed by atoms with Gasteiger partial charge in [-0.05, 0) is 120 Å². The Morgan fingerprint density at radius 3 is 1.31 bits per heavy atom. The van der Waals surface area contributed by atoms with Gasteiger partial charge in [0.05, 0.1) is 25.3 Å². The number of methoxy groups -OCH3 is 2. The summed E-state index contributed by atoms with van der Waals surface area (Å²) in [5.41, 5.74) is 10.4. The number of ether oxygens (including phenoxy) is 4. The summed E-state index contributed by atoms with van der Waals surface area (Å²) in [6.45, 7) is 9.84. The smallest absolute Gasteiger partial charge is 0.338 e. The summed E-state index contributed by atoms with van der Waals surface area (Å²) in [6.07, 6.45) is 1.80. The Kier molecular flexibility index (Phi) is 14.7. The fraction of sp³-hybridized carbons (Fsp3) is 0.258. The van der Waals surface area contributed by atoms with Gasteiger partial charge in [-0.1, -0.05) is 146 Å². The minimum Gasteiger partial charge on any atom is -0.489 e. The van der Waals surface area contributed by atoms with E-state index in [4.69, 9.17) is 18.9 Å². The lowest BCUT2D eigenvalue weighted by Crippen LogP contribution is -2.37. The molecule has 2 N–H and O–H groups in total. The van der Waals surface area contributed by atoms with E-state index >= 15 is 0 Å². The maximum Gasteiger partial charge on any atom is 0.338 e. The van der Waals surface area contributed by atoms with E-state index in [2.05, 4.69) is 170 Å². The number of hydrogen-bond acceptors (Lipinski definition) is 8. The molecule has 356 valence electrons. The Labute approximate surface area is 412 Å². The predicted molar refractivity (Wildman–Crippen MR) is 280 cm³/mol. The highest BCUT2D eigenvalue weighted by atomic mass is 16.5. The maximum atomic E-state index is 12.1. The van der Waals surface area contributed by atoms with Gasteiger partial charge < -0.3 is 29.6 Å². The lowest BCUT2D eigenvalue weighted by molar-refractivity contribution is 0.0591. The molecule has 8 aromatic carbocycles. The van der Waals surface area contributed by atoms with Crippen molar-refractivity contribution in [3.05, 3.63) is 225 Å². The van der Waals surface area contributed by atoms with E-state index in [1.807, 2.05) is 38.1 Å². The van der Waals surface area contributed by atoms with Crippen molar-refractivity contribution >= 4 is 33.5 Å². The Morgan fingerprint density at radius 2 is 0.900 bits per heavy atom. The van der Waals surface area contributed by atoms with Crippen LogP contribution in [0, 0.1) is 13.8 Å². The first-order valence-corrected chi connectivity index (χ1v) is 24.4. The highest BCUT2D eigenvalue weighted by Crippen LogP contribution is 2.42. The van der Waals surface area contributed by atoms with E-state index in [0.29, 0.717) is 11.1 Å². The standard InChI is InChI=1S/2C31H31NO3/c2*1-20-17-23(15-16-25(20)31(33)34-3)29-18-24(35-30-14-7-6-12-28(29)30)19-32-21(2)26-13-8-10-22-9-4-5-11-27(22)26/h2*4-17,21,24,29,32H,18-19H2,1-3H3/t21-,24-,29+;21-,24-,29-/m11/s1. The molecule has 0 spiro atoms. The number of esters is 2. The highest BCUT2D eigenvalue weighted by molar-refractivity contribution is 5.92. The lowest BCUT2D eigenvalue weighted by atomic mass is 9.83. The largest absolute Gasteiger partial charge is 0.489 e. The topological polar surface area (TPSA) is 95.1 Å². The number of hydrogen-bond donors (Lipinski definition) is 2. The van der Waals surface area contributed by atoms with Crippen LogP contribution >= 0.6 is 0 Å². The molecule has 0 fully saturated rings. The molecule has 0 amide bonds. The van der Waals surface area contributed by atoms with E-state index in [1.54, 1.807) is 0 Å². The molecule has 10 rings (SSSR count). The van der Waals surface area contributed by atoms with Crippen LogP contribution in [-0.4, -0.2) is 51.5 Å². The second-order valence-corrected chi connectivity index (χ2v) is 18.7. The first-order chi connectivity index (χ1) is 34.1. The summed E-state index contributed by atoms with van der Waals surface area (Å²) >= 11 is 0. The van der Waals surface area contributed by atoms with Crippen molar-refractivity contribution in [3.63, 3.8) is 0 Å². The first kappa shape index (κ1) is 47.8. The molecule has 6 atom stereocenters. The quantitative estimate of drug-likeness (QED) is 0.117. The van der Waals surface area contributed by atoms with Crippen molar-refractivity contribution in [1.29, 1.82) is 0 Å². The molecular weight excluding hydrogens is 869 g/mol. The molecule has 2 aliphatic rings. The summed E-state index contributed by atoms with van der Waals surface area (Å²) in [4.78, 5) is 24.1. The normalized spacial score (nSPS) is 17.9. The number of benzene rings is 8. The molecule has 0 radical (unpaired) electrons. The number of aryl methyl sites for hydroxylation is 2. The molecule has 0 unspecified atom stereocenters. The molecule has 2 heterocycles. The van der Waals surface area contributed by atoms with Crippen molar-refractivity contribution in [3.8, 4) is 11.5 Å². The van der Waals surface area contributed by atoms with Crippen molar-refractivity contribution < 1.29 is 28.5 Å². The third-order valence-corrected chi connectivity index (χ3v) is 14.2. The Balaban J connectivity index is 0.000000174. The molecule has 70 heavy (non-hydrogen) atoms. The van der Waals surface area contributed by atoms with Gasteiger partial charge in [-0.3, -0.25) is 0 Å². The zero-order valence-corrected chi connectivity index (χ0v) is 40.9. The number of rotatable bonds is 12. The second-order valence-electron chi connectivity index (χ2n) is 18.7. The minimum absolute atomic E-state index is 0.0351.